The highest BCUT2D eigenvalue weighted by Gasteiger charge is 2.25. The summed E-state index contributed by atoms with van der Waals surface area (Å²) in [7, 11) is -3.75. The number of hydrogen-bond donors (Lipinski definition) is 0. The molecule has 3 aromatic rings. The van der Waals surface area contributed by atoms with E-state index in [0.717, 1.165) is 15.4 Å². The lowest BCUT2D eigenvalue weighted by Crippen LogP contribution is -2.42. The summed E-state index contributed by atoms with van der Waals surface area (Å²) in [6.07, 6.45) is 0.989. The van der Waals surface area contributed by atoms with Crippen LogP contribution in [0.3, 0.4) is 0 Å². The Bertz CT molecular complexity index is 1100. The van der Waals surface area contributed by atoms with Crippen LogP contribution in [0.15, 0.2) is 46.3 Å². The monoisotopic (exact) mass is 452 g/mol. The van der Waals surface area contributed by atoms with Gasteiger partial charge in [-0.25, -0.2) is 12.8 Å². The molecule has 0 radical (unpaired) electrons. The smallest absolute Gasteiger partial charge is 0.246 e. The van der Waals surface area contributed by atoms with E-state index in [-0.39, 0.29) is 24.5 Å². The molecule has 2 aromatic heterocycles. The Hall–Kier alpha value is -2.63. The Morgan fingerprint density at radius 1 is 1.20 bits per heavy atom. The first-order chi connectivity index (χ1) is 14.3. The average Bonchev–Trinajstić information content (AvgIpc) is 3.38. The Labute approximate surface area is 178 Å². The van der Waals surface area contributed by atoms with Crippen molar-refractivity contribution in [2.75, 3.05) is 19.3 Å². The lowest BCUT2D eigenvalue weighted by atomic mass is 10.2. The second-order valence-electron chi connectivity index (χ2n) is 6.52. The minimum absolute atomic E-state index is 0.0466. The molecule has 2 heterocycles. The van der Waals surface area contributed by atoms with Gasteiger partial charge >= 0.3 is 0 Å². The van der Waals surface area contributed by atoms with Gasteiger partial charge in [-0.15, -0.1) is 11.3 Å². The van der Waals surface area contributed by atoms with Gasteiger partial charge in [0.1, 0.15) is 12.4 Å². The molecule has 0 saturated heterocycles. The number of aromatic nitrogens is 2. The van der Waals surface area contributed by atoms with Crippen molar-refractivity contribution in [2.24, 2.45) is 0 Å². The predicted octanol–water partition coefficient (Wildman–Crippen LogP) is 2.75. The number of benzene rings is 1. The van der Waals surface area contributed by atoms with Crippen LogP contribution >= 0.6 is 11.3 Å². The summed E-state index contributed by atoms with van der Waals surface area (Å²) < 4.78 is 44.5. The predicted molar refractivity (Wildman–Crippen MR) is 110 cm³/mol. The molecule has 30 heavy (non-hydrogen) atoms. The molecule has 0 unspecified atom stereocenters. The molecule has 0 spiro atoms. The van der Waals surface area contributed by atoms with Gasteiger partial charge in [-0.05, 0) is 24.4 Å². The third-order valence-electron chi connectivity index (χ3n) is 4.36. The van der Waals surface area contributed by atoms with Crippen molar-refractivity contribution in [3.63, 3.8) is 0 Å². The third-order valence-corrected chi connectivity index (χ3v) is 6.42. The van der Waals surface area contributed by atoms with Gasteiger partial charge in [0, 0.05) is 18.7 Å². The maximum absolute atomic E-state index is 14.0. The van der Waals surface area contributed by atoms with Crippen LogP contribution in [0, 0.1) is 5.82 Å². The summed E-state index contributed by atoms with van der Waals surface area (Å²) in [5.74, 6) is -0.303. The van der Waals surface area contributed by atoms with Crippen LogP contribution in [0.5, 0.6) is 0 Å². The molecular weight excluding hydrogens is 431 g/mol. The summed E-state index contributed by atoms with van der Waals surface area (Å²) in [6.45, 7) is 1.46. The third kappa shape index (κ3) is 5.49. The number of amides is 1. The molecule has 0 saturated carbocycles. The van der Waals surface area contributed by atoms with Crippen molar-refractivity contribution >= 4 is 27.3 Å². The van der Waals surface area contributed by atoms with E-state index in [0.29, 0.717) is 12.4 Å². The Kier molecular flexibility index (Phi) is 6.95. The first kappa shape index (κ1) is 22.1. The highest BCUT2D eigenvalue weighted by molar-refractivity contribution is 7.88. The highest BCUT2D eigenvalue weighted by Crippen LogP contribution is 2.21. The van der Waals surface area contributed by atoms with Gasteiger partial charge in [0.05, 0.1) is 17.7 Å². The van der Waals surface area contributed by atoms with Gasteiger partial charge in [-0.3, -0.25) is 4.79 Å². The summed E-state index contributed by atoms with van der Waals surface area (Å²) >= 11 is 1.46. The fourth-order valence-corrected chi connectivity index (χ4v) is 4.09. The van der Waals surface area contributed by atoms with Gasteiger partial charge in [-0.2, -0.15) is 9.29 Å². The summed E-state index contributed by atoms with van der Waals surface area (Å²) in [6, 6.07) is 9.58. The Morgan fingerprint density at radius 3 is 2.60 bits per heavy atom. The van der Waals surface area contributed by atoms with Crippen molar-refractivity contribution in [2.45, 2.75) is 20.0 Å². The number of thiophene rings is 1. The maximum atomic E-state index is 14.0. The van der Waals surface area contributed by atoms with E-state index in [9.17, 15) is 17.6 Å². The van der Waals surface area contributed by atoms with Crippen LogP contribution in [0.4, 0.5) is 4.39 Å². The minimum atomic E-state index is -3.75. The average molecular weight is 453 g/mol. The minimum Gasteiger partial charge on any atom is -0.337 e. The highest BCUT2D eigenvalue weighted by atomic mass is 32.2. The van der Waals surface area contributed by atoms with Gasteiger partial charge in [0.2, 0.25) is 27.6 Å². The number of hydrogen-bond acceptors (Lipinski definition) is 7. The van der Waals surface area contributed by atoms with Crippen molar-refractivity contribution < 1.29 is 22.1 Å². The zero-order valence-corrected chi connectivity index (χ0v) is 18.1. The standard InChI is InChI=1S/C19H21FN4O4S2/c1-3-23(12-17-21-19(22-28-17)16-9-6-10-29-16)18(25)13-24(30(2,26)27)11-14-7-4-5-8-15(14)20/h4-10H,3,11-13H2,1-2H3. The number of rotatable bonds is 9. The van der Waals surface area contributed by atoms with Gasteiger partial charge in [0.25, 0.3) is 0 Å². The molecule has 160 valence electrons. The second-order valence-corrected chi connectivity index (χ2v) is 9.45. The number of halogens is 1. The lowest BCUT2D eigenvalue weighted by molar-refractivity contribution is -0.132. The van der Waals surface area contributed by atoms with E-state index in [1.807, 2.05) is 17.5 Å². The maximum Gasteiger partial charge on any atom is 0.246 e. The summed E-state index contributed by atoms with van der Waals surface area (Å²) in [5.41, 5.74) is 0.191. The van der Waals surface area contributed by atoms with Crippen LogP contribution in [-0.4, -0.2) is 53.0 Å². The van der Waals surface area contributed by atoms with Crippen molar-refractivity contribution in [1.82, 2.24) is 19.3 Å². The molecule has 3 rings (SSSR count). The summed E-state index contributed by atoms with van der Waals surface area (Å²) in [5, 5.41) is 5.80. The fraction of sp³-hybridized carbons (Fsp3) is 0.316. The molecule has 8 nitrogen and oxygen atoms in total. The van der Waals surface area contributed by atoms with Crippen LogP contribution in [0.2, 0.25) is 0 Å². The van der Waals surface area contributed by atoms with Gasteiger partial charge in [-0.1, -0.05) is 29.4 Å². The van der Waals surface area contributed by atoms with E-state index in [4.69, 9.17) is 4.52 Å². The lowest BCUT2D eigenvalue weighted by Gasteiger charge is -2.24. The number of nitrogens with zero attached hydrogens (tertiary/aromatic N) is 4. The molecule has 0 N–H and O–H groups in total. The normalized spacial score (nSPS) is 11.7. The zero-order chi connectivity index (χ0) is 21.7. The van der Waals surface area contributed by atoms with Crippen LogP contribution < -0.4 is 0 Å². The largest absolute Gasteiger partial charge is 0.337 e. The van der Waals surface area contributed by atoms with Crippen molar-refractivity contribution in [1.29, 1.82) is 0 Å². The SMILES string of the molecule is CCN(Cc1nc(-c2cccs2)no1)C(=O)CN(Cc1ccccc1F)S(C)(=O)=O. The molecule has 0 bridgehead atoms. The van der Waals surface area contributed by atoms with Gasteiger partial charge in [0.15, 0.2) is 0 Å². The molecule has 0 fully saturated rings. The fourth-order valence-electron chi connectivity index (χ4n) is 2.72. The van der Waals surface area contributed by atoms with E-state index in [1.54, 1.807) is 13.0 Å². The number of sulfonamides is 1. The van der Waals surface area contributed by atoms with Crippen LogP contribution in [-0.2, 0) is 27.9 Å². The Balaban J connectivity index is 1.71. The van der Waals surface area contributed by atoms with E-state index < -0.39 is 28.3 Å². The van der Waals surface area contributed by atoms with E-state index in [2.05, 4.69) is 10.1 Å². The first-order valence-electron chi connectivity index (χ1n) is 9.10. The molecule has 0 aliphatic heterocycles. The summed E-state index contributed by atoms with van der Waals surface area (Å²) in [4.78, 5) is 19.3. The molecule has 0 atom stereocenters. The molecule has 1 amide bonds. The molecular formula is C19H21FN4O4S2. The van der Waals surface area contributed by atoms with E-state index in [1.165, 1.54) is 34.4 Å². The topological polar surface area (TPSA) is 96.6 Å². The number of likely N-dealkylation sites (N-methyl/N-ethyl adjacent to an activating group) is 1. The second kappa shape index (κ2) is 9.45. The molecule has 0 aliphatic rings. The van der Waals surface area contributed by atoms with Crippen LogP contribution in [0.1, 0.15) is 18.4 Å². The van der Waals surface area contributed by atoms with Crippen LogP contribution in [0.25, 0.3) is 10.7 Å². The molecule has 0 aliphatic carbocycles. The molecule has 11 heteroatoms. The van der Waals surface area contributed by atoms with E-state index >= 15 is 0 Å². The first-order valence-corrected chi connectivity index (χ1v) is 11.8. The number of carbonyl (C=O) groups is 1. The molecule has 1 aromatic carbocycles. The van der Waals surface area contributed by atoms with Gasteiger partial charge < -0.3 is 9.42 Å². The quantitative estimate of drug-likeness (QED) is 0.495. The van der Waals surface area contributed by atoms with Crippen molar-refractivity contribution in [3.8, 4) is 10.7 Å². The Morgan fingerprint density at radius 2 is 1.97 bits per heavy atom. The van der Waals surface area contributed by atoms with Crippen molar-refractivity contribution in [3.05, 3.63) is 59.0 Å². The zero-order valence-electron chi connectivity index (χ0n) is 16.5. The number of carbonyl (C=O) groups excluding carboxylic acids is 1.